The summed E-state index contributed by atoms with van der Waals surface area (Å²) in [5.41, 5.74) is 1.69. The van der Waals surface area contributed by atoms with E-state index < -0.39 is 12.0 Å². The van der Waals surface area contributed by atoms with Crippen LogP contribution in [0.2, 0.25) is 0 Å². The van der Waals surface area contributed by atoms with Crippen LogP contribution in [0.4, 0.5) is 5.69 Å². The second-order valence-electron chi connectivity index (χ2n) is 6.78. The van der Waals surface area contributed by atoms with Gasteiger partial charge in [-0.3, -0.25) is 4.79 Å². The minimum Gasteiger partial charge on any atom is -0.462 e. The summed E-state index contributed by atoms with van der Waals surface area (Å²) in [7, 11) is 0. The fourth-order valence-corrected chi connectivity index (χ4v) is 2.87. The lowest BCUT2D eigenvalue weighted by molar-refractivity contribution is -0.121. The lowest BCUT2D eigenvalue weighted by atomic mass is 10.0. The Balaban J connectivity index is 1.80. The molecule has 8 nitrogen and oxygen atoms in total. The van der Waals surface area contributed by atoms with E-state index in [2.05, 4.69) is 20.7 Å². The van der Waals surface area contributed by atoms with Crippen molar-refractivity contribution in [2.45, 2.75) is 26.8 Å². The number of tetrazole rings is 1. The summed E-state index contributed by atoms with van der Waals surface area (Å²) in [6.07, 6.45) is 0. The highest BCUT2D eigenvalue weighted by Crippen LogP contribution is 2.21. The third kappa shape index (κ3) is 4.84. The number of carbonyl (C=O) groups is 2. The van der Waals surface area contributed by atoms with Gasteiger partial charge in [-0.25, -0.2) is 4.79 Å². The third-order valence-corrected chi connectivity index (χ3v) is 4.25. The number of amides is 1. The Kier molecular flexibility index (Phi) is 6.33. The predicted octanol–water partition coefficient (Wildman–Crippen LogP) is 3.35. The van der Waals surface area contributed by atoms with Crippen LogP contribution in [-0.4, -0.2) is 38.7 Å². The van der Waals surface area contributed by atoms with Crippen LogP contribution in [0.5, 0.6) is 0 Å². The number of hydrogen-bond acceptors (Lipinski definition) is 6. The number of esters is 1. The van der Waals surface area contributed by atoms with E-state index in [-0.39, 0.29) is 18.4 Å². The molecule has 8 heteroatoms. The first-order valence-electron chi connectivity index (χ1n) is 9.42. The van der Waals surface area contributed by atoms with Gasteiger partial charge in [0.15, 0.2) is 6.04 Å². The van der Waals surface area contributed by atoms with Crippen LogP contribution in [0.15, 0.2) is 54.6 Å². The molecule has 0 saturated heterocycles. The van der Waals surface area contributed by atoms with Gasteiger partial charge >= 0.3 is 5.97 Å². The summed E-state index contributed by atoms with van der Waals surface area (Å²) in [5.74, 6) is -0.359. The van der Waals surface area contributed by atoms with Crippen LogP contribution in [0.25, 0.3) is 11.4 Å². The van der Waals surface area contributed by atoms with Crippen molar-refractivity contribution in [1.29, 1.82) is 0 Å². The maximum absolute atomic E-state index is 13.0. The van der Waals surface area contributed by atoms with Crippen LogP contribution in [-0.2, 0) is 9.53 Å². The van der Waals surface area contributed by atoms with E-state index in [1.165, 1.54) is 4.80 Å². The van der Waals surface area contributed by atoms with Gasteiger partial charge in [0, 0.05) is 11.3 Å². The fraction of sp³-hybridized carbons (Fsp3) is 0.286. The van der Waals surface area contributed by atoms with E-state index in [1.54, 1.807) is 31.2 Å². The highest BCUT2D eigenvalue weighted by atomic mass is 16.5. The average Bonchev–Trinajstić information content (AvgIpc) is 3.18. The second-order valence-corrected chi connectivity index (χ2v) is 6.78. The van der Waals surface area contributed by atoms with Crippen LogP contribution in [0, 0.1) is 5.92 Å². The molecule has 0 bridgehead atoms. The molecule has 2 aromatic carbocycles. The topological polar surface area (TPSA) is 99.0 Å². The van der Waals surface area contributed by atoms with Gasteiger partial charge in [0.1, 0.15) is 0 Å². The molecular weight excluding hydrogens is 370 g/mol. The number of ether oxygens (including phenoxy) is 1. The van der Waals surface area contributed by atoms with Gasteiger partial charge in [0.05, 0.1) is 12.2 Å². The molecule has 3 aromatic rings. The van der Waals surface area contributed by atoms with E-state index in [0.717, 1.165) is 5.56 Å². The van der Waals surface area contributed by atoms with E-state index in [0.29, 0.717) is 17.1 Å². The van der Waals surface area contributed by atoms with Gasteiger partial charge in [-0.05, 0) is 36.3 Å². The SMILES string of the molecule is CCOC(=O)c1cccc(NC(=O)C(C(C)C)n2nnc(-c3ccccc3)n2)c1. The van der Waals surface area contributed by atoms with E-state index in [9.17, 15) is 9.59 Å². The Morgan fingerprint density at radius 1 is 1.10 bits per heavy atom. The minimum absolute atomic E-state index is 0.0823. The van der Waals surface area contributed by atoms with Gasteiger partial charge < -0.3 is 10.1 Å². The first kappa shape index (κ1) is 20.2. The third-order valence-electron chi connectivity index (χ3n) is 4.25. The number of aromatic nitrogens is 4. The van der Waals surface area contributed by atoms with Gasteiger partial charge in [0.25, 0.3) is 5.91 Å². The Labute approximate surface area is 168 Å². The monoisotopic (exact) mass is 393 g/mol. The number of nitrogens with one attached hydrogen (secondary N) is 1. The van der Waals surface area contributed by atoms with Crippen molar-refractivity contribution in [2.24, 2.45) is 5.92 Å². The number of nitrogens with zero attached hydrogens (tertiary/aromatic N) is 4. The molecule has 1 atom stereocenters. The number of benzene rings is 2. The summed E-state index contributed by atoms with van der Waals surface area (Å²) in [4.78, 5) is 26.2. The number of hydrogen-bond donors (Lipinski definition) is 1. The second kappa shape index (κ2) is 9.09. The first-order valence-corrected chi connectivity index (χ1v) is 9.42. The molecule has 1 unspecified atom stereocenters. The molecule has 150 valence electrons. The molecule has 0 saturated carbocycles. The van der Waals surface area contributed by atoms with Crippen molar-refractivity contribution in [2.75, 3.05) is 11.9 Å². The molecular formula is C21H23N5O3. The maximum Gasteiger partial charge on any atom is 0.338 e. The lowest BCUT2D eigenvalue weighted by Crippen LogP contribution is -2.31. The van der Waals surface area contributed by atoms with Gasteiger partial charge in [-0.2, -0.15) is 4.80 Å². The van der Waals surface area contributed by atoms with Crippen LogP contribution in [0.3, 0.4) is 0 Å². The van der Waals surface area contributed by atoms with E-state index in [1.807, 2.05) is 44.2 Å². The van der Waals surface area contributed by atoms with Crippen LogP contribution in [0.1, 0.15) is 37.2 Å². The highest BCUT2D eigenvalue weighted by Gasteiger charge is 2.27. The van der Waals surface area contributed by atoms with Gasteiger partial charge in [-0.1, -0.05) is 50.2 Å². The summed E-state index contributed by atoms with van der Waals surface area (Å²) in [5, 5.41) is 15.4. The fourth-order valence-electron chi connectivity index (χ4n) is 2.87. The summed E-state index contributed by atoms with van der Waals surface area (Å²) < 4.78 is 5.00. The van der Waals surface area contributed by atoms with Crippen molar-refractivity contribution >= 4 is 17.6 Å². The standard InChI is InChI=1S/C21H23N5O3/c1-4-29-21(28)16-11-8-12-17(13-16)22-20(27)18(14(2)3)26-24-19(23-25-26)15-9-6-5-7-10-15/h5-14,18H,4H2,1-3H3,(H,22,27). The summed E-state index contributed by atoms with van der Waals surface area (Å²) >= 11 is 0. The van der Waals surface area contributed by atoms with Gasteiger partial charge in [0.2, 0.25) is 5.82 Å². The van der Waals surface area contributed by atoms with Crippen molar-refractivity contribution in [3.8, 4) is 11.4 Å². The molecule has 1 amide bonds. The number of rotatable bonds is 7. The molecule has 0 aliphatic rings. The number of anilines is 1. The summed E-state index contributed by atoms with van der Waals surface area (Å²) in [6.45, 7) is 5.84. The van der Waals surface area contributed by atoms with Crippen molar-refractivity contribution in [3.63, 3.8) is 0 Å². The molecule has 0 radical (unpaired) electrons. The quantitative estimate of drug-likeness (QED) is 0.618. The Hall–Kier alpha value is -3.55. The number of carbonyl (C=O) groups excluding carboxylic acids is 2. The van der Waals surface area contributed by atoms with Crippen molar-refractivity contribution in [1.82, 2.24) is 20.2 Å². The highest BCUT2D eigenvalue weighted by molar-refractivity contribution is 5.96. The molecule has 29 heavy (non-hydrogen) atoms. The van der Waals surface area contributed by atoms with E-state index in [4.69, 9.17) is 4.74 Å². The molecule has 0 aliphatic carbocycles. The molecule has 1 N–H and O–H groups in total. The predicted molar refractivity (Wildman–Crippen MR) is 108 cm³/mol. The van der Waals surface area contributed by atoms with E-state index >= 15 is 0 Å². The van der Waals surface area contributed by atoms with Crippen LogP contribution >= 0.6 is 0 Å². The molecule has 1 heterocycles. The zero-order chi connectivity index (χ0) is 20.8. The lowest BCUT2D eigenvalue weighted by Gasteiger charge is -2.19. The zero-order valence-corrected chi connectivity index (χ0v) is 16.6. The maximum atomic E-state index is 13.0. The van der Waals surface area contributed by atoms with Crippen LogP contribution < -0.4 is 5.32 Å². The largest absolute Gasteiger partial charge is 0.462 e. The normalized spacial score (nSPS) is 11.9. The average molecular weight is 393 g/mol. The van der Waals surface area contributed by atoms with Gasteiger partial charge in [-0.15, -0.1) is 10.2 Å². The molecule has 0 fully saturated rings. The minimum atomic E-state index is -0.661. The Morgan fingerprint density at radius 2 is 1.86 bits per heavy atom. The smallest absolute Gasteiger partial charge is 0.338 e. The molecule has 0 aliphatic heterocycles. The van der Waals surface area contributed by atoms with Crippen molar-refractivity contribution < 1.29 is 14.3 Å². The Bertz CT molecular complexity index is 985. The van der Waals surface area contributed by atoms with Crippen molar-refractivity contribution in [3.05, 3.63) is 60.2 Å². The summed E-state index contributed by atoms with van der Waals surface area (Å²) in [6, 6.07) is 15.4. The Morgan fingerprint density at radius 3 is 2.55 bits per heavy atom. The first-order chi connectivity index (χ1) is 14.0. The molecule has 0 spiro atoms. The zero-order valence-electron chi connectivity index (χ0n) is 16.6. The molecule has 3 rings (SSSR count). The molecule has 1 aromatic heterocycles.